The SMILES string of the molecule is O=C(O)CN1CCC(c2cc(C(F)(F)F)ccc2CN2CCN(C(=O)OC(C(F)(F)F)C(F)(F)F)CC2)CC1. The highest BCUT2D eigenvalue weighted by Gasteiger charge is 2.60. The zero-order valence-electron chi connectivity index (χ0n) is 20.4. The monoisotopic (exact) mass is 579 g/mol. The number of nitrogens with zero attached hydrogens (tertiary/aromatic N) is 3. The van der Waals surface area contributed by atoms with Crippen LogP contribution in [0.4, 0.5) is 44.3 Å². The standard InChI is InChI=1S/C23H26F9N3O4/c24-21(25,26)16-2-1-15(17(11-16)14-3-5-33(6-4-14)13-18(36)37)12-34-7-9-35(10-8-34)20(38)39-19(22(27,28)29)23(30,31)32/h1-2,11,14,19H,3-10,12-13H2,(H,36,37). The number of carboxylic acid groups (broad SMARTS) is 1. The van der Waals surface area contributed by atoms with Crippen molar-refractivity contribution in [1.29, 1.82) is 0 Å². The average molecular weight is 579 g/mol. The van der Waals surface area contributed by atoms with E-state index in [0.717, 1.165) is 12.1 Å². The second-order valence-electron chi connectivity index (χ2n) is 9.47. The minimum absolute atomic E-state index is 0.0370. The van der Waals surface area contributed by atoms with Gasteiger partial charge in [0.15, 0.2) is 0 Å². The zero-order valence-corrected chi connectivity index (χ0v) is 20.4. The smallest absolute Gasteiger partial charge is 0.434 e. The number of piperidine rings is 1. The number of carbonyl (C=O) groups excluding carboxylic acids is 1. The molecule has 0 spiro atoms. The van der Waals surface area contributed by atoms with E-state index in [-0.39, 0.29) is 45.2 Å². The Balaban J connectivity index is 1.67. The molecule has 2 aliphatic heterocycles. The van der Waals surface area contributed by atoms with E-state index in [1.807, 2.05) is 0 Å². The van der Waals surface area contributed by atoms with Crippen LogP contribution in [0.5, 0.6) is 0 Å². The Hall–Kier alpha value is -2.75. The van der Waals surface area contributed by atoms with Gasteiger partial charge in [0.05, 0.1) is 12.1 Å². The van der Waals surface area contributed by atoms with Gasteiger partial charge in [-0.3, -0.25) is 14.6 Å². The lowest BCUT2D eigenvalue weighted by Gasteiger charge is -2.36. The third-order valence-corrected chi connectivity index (χ3v) is 6.70. The number of rotatable bonds is 6. The van der Waals surface area contributed by atoms with Gasteiger partial charge in [-0.05, 0) is 55.1 Å². The third-order valence-electron chi connectivity index (χ3n) is 6.70. The summed E-state index contributed by atoms with van der Waals surface area (Å²) >= 11 is 0. The summed E-state index contributed by atoms with van der Waals surface area (Å²) in [6, 6.07) is 3.33. The van der Waals surface area contributed by atoms with Gasteiger partial charge in [-0.15, -0.1) is 0 Å². The molecule has 0 radical (unpaired) electrons. The van der Waals surface area contributed by atoms with Crippen LogP contribution in [0, 0.1) is 0 Å². The molecule has 1 aromatic rings. The summed E-state index contributed by atoms with van der Waals surface area (Å²) in [4.78, 5) is 27.1. The lowest BCUT2D eigenvalue weighted by atomic mass is 9.85. The number of amides is 1. The maximum Gasteiger partial charge on any atom is 0.434 e. The molecule has 39 heavy (non-hydrogen) atoms. The molecule has 0 unspecified atom stereocenters. The fourth-order valence-electron chi connectivity index (χ4n) is 4.71. The minimum Gasteiger partial charge on any atom is -0.480 e. The van der Waals surface area contributed by atoms with E-state index in [0.29, 0.717) is 42.0 Å². The van der Waals surface area contributed by atoms with E-state index < -0.39 is 42.3 Å². The van der Waals surface area contributed by atoms with Gasteiger partial charge in [0, 0.05) is 32.7 Å². The van der Waals surface area contributed by atoms with Gasteiger partial charge >= 0.3 is 30.6 Å². The Kier molecular flexibility index (Phi) is 9.30. The first-order valence-electron chi connectivity index (χ1n) is 11.9. The van der Waals surface area contributed by atoms with E-state index >= 15 is 0 Å². The number of hydrogen-bond acceptors (Lipinski definition) is 5. The molecule has 1 amide bonds. The number of aliphatic carboxylic acids is 1. The van der Waals surface area contributed by atoms with Crippen LogP contribution in [0.25, 0.3) is 0 Å². The van der Waals surface area contributed by atoms with Crippen LogP contribution in [0.2, 0.25) is 0 Å². The van der Waals surface area contributed by atoms with E-state index in [1.165, 1.54) is 6.07 Å². The molecular formula is C23H26F9N3O4. The first-order valence-corrected chi connectivity index (χ1v) is 11.9. The van der Waals surface area contributed by atoms with E-state index in [2.05, 4.69) is 4.74 Å². The van der Waals surface area contributed by atoms with Crippen molar-refractivity contribution in [3.05, 3.63) is 34.9 Å². The lowest BCUT2D eigenvalue weighted by Crippen LogP contribution is -2.52. The van der Waals surface area contributed by atoms with Crippen LogP contribution < -0.4 is 0 Å². The van der Waals surface area contributed by atoms with Crippen LogP contribution in [-0.4, -0.2) is 96.1 Å². The molecule has 1 aromatic carbocycles. The van der Waals surface area contributed by atoms with Crippen molar-refractivity contribution in [2.24, 2.45) is 0 Å². The van der Waals surface area contributed by atoms with E-state index in [9.17, 15) is 49.1 Å². The zero-order chi connectivity index (χ0) is 29.2. The van der Waals surface area contributed by atoms with Gasteiger partial charge in [-0.2, -0.15) is 39.5 Å². The Bertz CT molecular complexity index is 1000. The van der Waals surface area contributed by atoms with Gasteiger partial charge in [0.25, 0.3) is 6.10 Å². The largest absolute Gasteiger partial charge is 0.480 e. The topological polar surface area (TPSA) is 73.3 Å². The number of carbonyl (C=O) groups is 2. The van der Waals surface area contributed by atoms with Crippen LogP contribution in [0.15, 0.2) is 18.2 Å². The first-order chi connectivity index (χ1) is 17.9. The average Bonchev–Trinajstić information content (AvgIpc) is 2.81. The molecule has 0 aliphatic carbocycles. The minimum atomic E-state index is -5.83. The number of hydrogen-bond donors (Lipinski definition) is 1. The molecule has 1 N–H and O–H groups in total. The van der Waals surface area contributed by atoms with Crippen molar-refractivity contribution >= 4 is 12.1 Å². The normalized spacial score (nSPS) is 19.0. The summed E-state index contributed by atoms with van der Waals surface area (Å²) in [6.45, 7) is 0.301. The molecule has 0 aromatic heterocycles. The summed E-state index contributed by atoms with van der Waals surface area (Å²) in [5, 5.41) is 8.96. The highest BCUT2D eigenvalue weighted by molar-refractivity contribution is 5.69. The fourth-order valence-corrected chi connectivity index (χ4v) is 4.71. The van der Waals surface area contributed by atoms with Crippen LogP contribution in [0.1, 0.15) is 35.4 Å². The molecule has 0 bridgehead atoms. The molecule has 2 aliphatic rings. The number of alkyl halides is 9. The van der Waals surface area contributed by atoms with Crippen molar-refractivity contribution in [3.63, 3.8) is 0 Å². The predicted molar refractivity (Wildman–Crippen MR) is 117 cm³/mol. The van der Waals surface area contributed by atoms with Gasteiger partial charge in [0.2, 0.25) is 0 Å². The molecule has 2 saturated heterocycles. The number of halogens is 9. The second kappa shape index (κ2) is 11.8. The Morgan fingerprint density at radius 2 is 1.44 bits per heavy atom. The van der Waals surface area contributed by atoms with Crippen LogP contribution >= 0.6 is 0 Å². The maximum absolute atomic E-state index is 13.4. The number of ether oxygens (including phenoxy) is 1. The summed E-state index contributed by atoms with van der Waals surface area (Å²) in [6.07, 6.45) is -21.4. The molecule has 3 rings (SSSR count). The number of likely N-dealkylation sites (tertiary alicyclic amines) is 1. The first kappa shape index (κ1) is 30.8. The number of carboxylic acids is 1. The van der Waals surface area contributed by atoms with Crippen molar-refractivity contribution in [3.8, 4) is 0 Å². The van der Waals surface area contributed by atoms with Crippen molar-refractivity contribution < 1.29 is 58.9 Å². The van der Waals surface area contributed by atoms with Crippen molar-refractivity contribution in [2.75, 3.05) is 45.8 Å². The third kappa shape index (κ3) is 8.37. The molecule has 2 fully saturated rings. The fraction of sp³-hybridized carbons (Fsp3) is 0.652. The molecule has 16 heteroatoms. The van der Waals surface area contributed by atoms with Crippen molar-refractivity contribution in [1.82, 2.24) is 14.7 Å². The van der Waals surface area contributed by atoms with Crippen LogP contribution in [-0.2, 0) is 22.3 Å². The summed E-state index contributed by atoms with van der Waals surface area (Å²) in [5.41, 5.74) is 0.162. The van der Waals surface area contributed by atoms with Gasteiger partial charge < -0.3 is 14.7 Å². The van der Waals surface area contributed by atoms with Crippen LogP contribution in [0.3, 0.4) is 0 Å². The van der Waals surface area contributed by atoms with Crippen molar-refractivity contribution in [2.45, 2.75) is 49.9 Å². The molecule has 220 valence electrons. The second-order valence-corrected chi connectivity index (χ2v) is 9.47. The van der Waals surface area contributed by atoms with Gasteiger partial charge in [-0.1, -0.05) is 6.07 Å². The quantitative estimate of drug-likeness (QED) is 0.492. The van der Waals surface area contributed by atoms with Gasteiger partial charge in [-0.25, -0.2) is 4.79 Å². The maximum atomic E-state index is 13.4. The molecule has 7 nitrogen and oxygen atoms in total. The Morgan fingerprint density at radius 3 is 1.92 bits per heavy atom. The molecule has 2 heterocycles. The van der Waals surface area contributed by atoms with E-state index in [4.69, 9.17) is 5.11 Å². The molecular weight excluding hydrogens is 553 g/mol. The lowest BCUT2D eigenvalue weighted by molar-refractivity contribution is -0.308. The highest BCUT2D eigenvalue weighted by atomic mass is 19.4. The Morgan fingerprint density at radius 1 is 0.872 bits per heavy atom. The highest BCUT2D eigenvalue weighted by Crippen LogP contribution is 2.38. The predicted octanol–water partition coefficient (Wildman–Crippen LogP) is 4.72. The number of piperazine rings is 1. The summed E-state index contributed by atoms with van der Waals surface area (Å²) < 4.78 is 120. The summed E-state index contributed by atoms with van der Waals surface area (Å²) in [5.74, 6) is -1.28. The summed E-state index contributed by atoms with van der Waals surface area (Å²) in [7, 11) is 0. The molecule has 0 atom stereocenters. The Labute approximate surface area is 217 Å². The van der Waals surface area contributed by atoms with Gasteiger partial charge in [0.1, 0.15) is 0 Å². The van der Waals surface area contributed by atoms with E-state index in [1.54, 1.807) is 9.80 Å². The number of benzene rings is 1. The molecule has 0 saturated carbocycles.